The van der Waals surface area contributed by atoms with Crippen molar-refractivity contribution < 1.29 is 28.3 Å². The van der Waals surface area contributed by atoms with Crippen molar-refractivity contribution in [3.8, 4) is 16.9 Å². The molecule has 2 aromatic carbocycles. The molecule has 5 aliphatic rings. The first-order chi connectivity index (χ1) is 25.0. The Kier molecular flexibility index (Phi) is 8.67. The van der Waals surface area contributed by atoms with Gasteiger partial charge >= 0.3 is 0 Å². The SMILES string of the molecule is COc1cc(N2CCC(N3CCC4(CCCN(c5cc6c(cc5F)C(=O)N(C5CCC(=O)NC5=O)C6=O)C4)CC3)CC2)c(-c2cnn(C)c2)cc1N. The number of anilines is 3. The van der Waals surface area contributed by atoms with E-state index in [0.717, 1.165) is 92.5 Å². The van der Waals surface area contributed by atoms with Crippen LogP contribution in [0.15, 0.2) is 36.7 Å². The minimum Gasteiger partial charge on any atom is -0.495 e. The number of imide groups is 2. The monoisotopic (exact) mass is 712 g/mol. The summed E-state index contributed by atoms with van der Waals surface area (Å²) in [5, 5.41) is 6.58. The average molecular weight is 713 g/mol. The Morgan fingerprint density at radius 1 is 0.885 bits per heavy atom. The minimum atomic E-state index is -1.09. The molecule has 0 aliphatic carbocycles. The Balaban J connectivity index is 0.916. The number of likely N-dealkylation sites (tertiary alicyclic amines) is 1. The van der Waals surface area contributed by atoms with Crippen LogP contribution in [0.3, 0.4) is 0 Å². The molecule has 1 unspecified atom stereocenters. The maximum absolute atomic E-state index is 15.7. The number of nitrogen functional groups attached to an aromatic ring is 1. The van der Waals surface area contributed by atoms with Crippen LogP contribution in [0, 0.1) is 11.2 Å². The summed E-state index contributed by atoms with van der Waals surface area (Å²) in [5.41, 5.74) is 10.5. The van der Waals surface area contributed by atoms with Crippen molar-refractivity contribution in [1.29, 1.82) is 0 Å². The van der Waals surface area contributed by atoms with E-state index in [1.54, 1.807) is 11.8 Å². The molecule has 4 amide bonds. The standard InChI is InChI=1S/C38H45FN8O5/c1-43-21-23(20-41-43)25-17-29(40)33(52-2)19-31(25)45-12-6-24(7-13-45)44-14-9-38(10-15-44)8-3-11-46(22-38)32-18-27-26(16-28(32)39)36(50)47(37(27)51)30-4-5-34(48)42-35(30)49/h16-21,24,30H,3-15,22,40H2,1-2H3,(H,42,48,49). The van der Waals surface area contributed by atoms with E-state index in [4.69, 9.17) is 10.5 Å². The molecule has 14 heteroatoms. The number of carbonyl (C=O) groups excluding carboxylic acids is 4. The molecule has 0 radical (unpaired) electrons. The number of methoxy groups -OCH3 is 1. The van der Waals surface area contributed by atoms with Gasteiger partial charge in [0, 0.05) is 74.8 Å². The molecular weight excluding hydrogens is 667 g/mol. The van der Waals surface area contributed by atoms with Crippen LogP contribution in [-0.4, -0.2) is 102 Å². The molecule has 8 rings (SSSR count). The van der Waals surface area contributed by atoms with E-state index in [-0.39, 0.29) is 29.4 Å². The summed E-state index contributed by atoms with van der Waals surface area (Å²) in [6.45, 7) is 5.14. The lowest BCUT2D eigenvalue weighted by atomic mass is 9.72. The Labute approximate surface area is 301 Å². The Bertz CT molecular complexity index is 1950. The first-order valence-electron chi connectivity index (χ1n) is 18.3. The molecule has 0 saturated carbocycles. The number of nitrogens with two attached hydrogens (primary N) is 1. The van der Waals surface area contributed by atoms with Gasteiger partial charge in [-0.15, -0.1) is 0 Å². The van der Waals surface area contributed by atoms with Gasteiger partial charge in [-0.2, -0.15) is 5.10 Å². The first-order valence-corrected chi connectivity index (χ1v) is 18.3. The van der Waals surface area contributed by atoms with Gasteiger partial charge < -0.3 is 25.2 Å². The zero-order valence-corrected chi connectivity index (χ0v) is 29.7. The minimum absolute atomic E-state index is 0.0306. The molecule has 52 heavy (non-hydrogen) atoms. The number of hydrogen-bond donors (Lipinski definition) is 2. The van der Waals surface area contributed by atoms with Gasteiger partial charge in [-0.1, -0.05) is 0 Å². The van der Waals surface area contributed by atoms with E-state index in [1.165, 1.54) is 6.07 Å². The number of fused-ring (bicyclic) bond motifs is 1. The summed E-state index contributed by atoms with van der Waals surface area (Å²) in [5.74, 6) is -2.31. The summed E-state index contributed by atoms with van der Waals surface area (Å²) in [4.78, 5) is 58.8. The topological polar surface area (TPSA) is 146 Å². The lowest BCUT2D eigenvalue weighted by molar-refractivity contribution is -0.136. The van der Waals surface area contributed by atoms with Crippen LogP contribution in [0.1, 0.15) is 72.1 Å². The van der Waals surface area contributed by atoms with Crippen LogP contribution in [0.5, 0.6) is 5.75 Å². The number of nitrogens with zero attached hydrogens (tertiary/aromatic N) is 6. The number of aryl methyl sites for hydroxylation is 1. The zero-order chi connectivity index (χ0) is 36.3. The van der Waals surface area contributed by atoms with Crippen LogP contribution in [-0.2, 0) is 16.6 Å². The number of nitrogens with one attached hydrogen (secondary N) is 1. The highest BCUT2D eigenvalue weighted by molar-refractivity contribution is 6.23. The lowest BCUT2D eigenvalue weighted by Gasteiger charge is -2.50. The van der Waals surface area contributed by atoms with Gasteiger partial charge in [0.2, 0.25) is 11.8 Å². The van der Waals surface area contributed by atoms with Crippen LogP contribution in [0.4, 0.5) is 21.5 Å². The molecule has 1 spiro atoms. The zero-order valence-electron chi connectivity index (χ0n) is 29.7. The van der Waals surface area contributed by atoms with Crippen LogP contribution in [0.25, 0.3) is 11.1 Å². The van der Waals surface area contributed by atoms with Crippen LogP contribution >= 0.6 is 0 Å². The number of hydrogen-bond acceptors (Lipinski definition) is 10. The predicted octanol–water partition coefficient (Wildman–Crippen LogP) is 3.57. The van der Waals surface area contributed by atoms with Gasteiger partial charge in [0.05, 0.1) is 35.8 Å². The van der Waals surface area contributed by atoms with Crippen molar-refractivity contribution in [2.45, 2.75) is 63.5 Å². The fraction of sp³-hybridized carbons (Fsp3) is 0.500. The molecule has 274 valence electrons. The highest BCUT2D eigenvalue weighted by Crippen LogP contribution is 2.44. The highest BCUT2D eigenvalue weighted by atomic mass is 19.1. The molecule has 3 aromatic rings. The molecule has 5 aliphatic heterocycles. The molecular formula is C38H45FN8O5. The largest absolute Gasteiger partial charge is 0.495 e. The maximum atomic E-state index is 15.7. The fourth-order valence-corrected chi connectivity index (χ4v) is 9.19. The summed E-state index contributed by atoms with van der Waals surface area (Å²) in [6.07, 6.45) is 10.0. The van der Waals surface area contributed by atoms with Crippen molar-refractivity contribution in [2.75, 3.05) is 61.9 Å². The lowest BCUT2D eigenvalue weighted by Crippen LogP contribution is -2.54. The molecule has 0 bridgehead atoms. The van der Waals surface area contributed by atoms with E-state index >= 15 is 4.39 Å². The molecule has 4 saturated heterocycles. The second-order valence-corrected chi connectivity index (χ2v) is 15.1. The van der Waals surface area contributed by atoms with Gasteiger partial charge in [-0.25, -0.2) is 4.39 Å². The third kappa shape index (κ3) is 5.96. The normalized spacial score (nSPS) is 22.7. The molecule has 6 heterocycles. The molecule has 1 atom stereocenters. The van der Waals surface area contributed by atoms with Gasteiger partial charge in [-0.05, 0) is 81.6 Å². The number of rotatable bonds is 6. The van der Waals surface area contributed by atoms with Gasteiger partial charge in [-0.3, -0.25) is 34.1 Å². The predicted molar refractivity (Wildman–Crippen MR) is 193 cm³/mol. The maximum Gasteiger partial charge on any atom is 0.262 e. The number of aromatic nitrogens is 2. The van der Waals surface area contributed by atoms with E-state index in [2.05, 4.69) is 20.2 Å². The second-order valence-electron chi connectivity index (χ2n) is 15.1. The van der Waals surface area contributed by atoms with E-state index in [0.29, 0.717) is 36.3 Å². The fourth-order valence-electron chi connectivity index (χ4n) is 9.19. The summed E-state index contributed by atoms with van der Waals surface area (Å²) in [6, 6.07) is 6.07. The van der Waals surface area contributed by atoms with E-state index < -0.39 is 35.5 Å². The number of amides is 4. The number of halogens is 1. The van der Waals surface area contributed by atoms with Gasteiger partial charge in [0.25, 0.3) is 11.8 Å². The summed E-state index contributed by atoms with van der Waals surface area (Å²) < 4.78 is 23.1. The molecule has 1 aromatic heterocycles. The van der Waals surface area contributed by atoms with Crippen molar-refractivity contribution in [3.05, 3.63) is 53.6 Å². The van der Waals surface area contributed by atoms with Crippen molar-refractivity contribution in [3.63, 3.8) is 0 Å². The van der Waals surface area contributed by atoms with Crippen LogP contribution < -0.4 is 25.6 Å². The van der Waals surface area contributed by atoms with Gasteiger partial charge in [0.15, 0.2) is 0 Å². The third-order valence-electron chi connectivity index (χ3n) is 12.1. The van der Waals surface area contributed by atoms with Crippen molar-refractivity contribution >= 4 is 40.7 Å². The second kappa shape index (κ2) is 13.2. The molecule has 13 nitrogen and oxygen atoms in total. The average Bonchev–Trinajstić information content (AvgIpc) is 3.67. The number of ether oxygens (including phenoxy) is 1. The van der Waals surface area contributed by atoms with Crippen molar-refractivity contribution in [1.82, 2.24) is 24.9 Å². The Morgan fingerprint density at radius 2 is 1.62 bits per heavy atom. The third-order valence-corrected chi connectivity index (χ3v) is 12.1. The molecule has 4 fully saturated rings. The number of benzene rings is 2. The first kappa shape index (κ1) is 34.1. The Hall–Kier alpha value is -4.98. The number of piperidine rings is 4. The van der Waals surface area contributed by atoms with Gasteiger partial charge in [0.1, 0.15) is 17.6 Å². The highest BCUT2D eigenvalue weighted by Gasteiger charge is 2.46. The summed E-state index contributed by atoms with van der Waals surface area (Å²) >= 11 is 0. The smallest absolute Gasteiger partial charge is 0.262 e. The quantitative estimate of drug-likeness (QED) is 0.287. The summed E-state index contributed by atoms with van der Waals surface area (Å²) in [7, 11) is 3.55. The van der Waals surface area contributed by atoms with Crippen LogP contribution in [0.2, 0.25) is 0 Å². The van der Waals surface area contributed by atoms with Crippen molar-refractivity contribution in [2.24, 2.45) is 12.5 Å². The number of carbonyl (C=O) groups is 4. The van der Waals surface area contributed by atoms with E-state index in [1.807, 2.05) is 36.5 Å². The molecule has 3 N–H and O–H groups in total. The Morgan fingerprint density at radius 3 is 2.29 bits per heavy atom. The van der Waals surface area contributed by atoms with E-state index in [9.17, 15) is 19.2 Å².